The van der Waals surface area contributed by atoms with Crippen molar-refractivity contribution < 1.29 is 5.11 Å². The van der Waals surface area contributed by atoms with Crippen LogP contribution in [0.25, 0.3) is 11.0 Å². The first-order valence-corrected chi connectivity index (χ1v) is 8.89. The van der Waals surface area contributed by atoms with Gasteiger partial charge in [0, 0.05) is 25.6 Å². The van der Waals surface area contributed by atoms with Gasteiger partial charge in [0.05, 0.1) is 17.7 Å². The molecule has 1 saturated heterocycles. The monoisotopic (exact) mass is 331 g/mol. The molecule has 2 aromatic rings. The quantitative estimate of drug-likeness (QED) is 0.933. The van der Waals surface area contributed by atoms with Gasteiger partial charge in [0.1, 0.15) is 11.6 Å². The lowest BCUT2D eigenvalue weighted by molar-refractivity contribution is 0.0831. The smallest absolute Gasteiger partial charge is 0.163 e. The average molecular weight is 331 g/mol. The van der Waals surface area contributed by atoms with E-state index >= 15 is 0 Å². The van der Waals surface area contributed by atoms with E-state index in [9.17, 15) is 5.11 Å². The van der Waals surface area contributed by atoms with Crippen molar-refractivity contribution in [2.45, 2.75) is 47.0 Å². The fourth-order valence-electron chi connectivity index (χ4n) is 4.27. The van der Waals surface area contributed by atoms with Crippen molar-refractivity contribution in [1.29, 1.82) is 0 Å². The molecule has 1 unspecified atom stereocenters. The van der Waals surface area contributed by atoms with Crippen LogP contribution >= 0.6 is 0 Å². The van der Waals surface area contributed by atoms with Gasteiger partial charge in [0.2, 0.25) is 0 Å². The Kier molecular flexibility index (Phi) is 4.51. The second kappa shape index (κ2) is 6.31. The summed E-state index contributed by atoms with van der Waals surface area (Å²) in [5, 5.41) is 15.7. The predicted octanol–water partition coefficient (Wildman–Crippen LogP) is 2.61. The van der Waals surface area contributed by atoms with Crippen molar-refractivity contribution in [2.75, 3.05) is 24.6 Å². The maximum Gasteiger partial charge on any atom is 0.163 e. The molecule has 1 aliphatic heterocycles. The maximum absolute atomic E-state index is 10.1. The van der Waals surface area contributed by atoms with Crippen molar-refractivity contribution in [1.82, 2.24) is 19.7 Å². The van der Waals surface area contributed by atoms with E-state index in [1.165, 1.54) is 0 Å². The number of rotatable bonds is 4. The molecular formula is C18H29N5O. The number of anilines is 1. The molecule has 132 valence electrons. The first-order valence-electron chi connectivity index (χ1n) is 8.89. The predicted molar refractivity (Wildman–Crippen MR) is 96.2 cm³/mol. The number of hydrogen-bond acceptors (Lipinski definition) is 5. The van der Waals surface area contributed by atoms with Gasteiger partial charge in [-0.2, -0.15) is 5.10 Å². The number of aryl methyl sites for hydroxylation is 3. The third-order valence-electron chi connectivity index (χ3n) is 5.09. The van der Waals surface area contributed by atoms with Crippen LogP contribution in [-0.2, 0) is 7.05 Å². The summed E-state index contributed by atoms with van der Waals surface area (Å²) in [4.78, 5) is 11.7. The number of aromatic nitrogens is 4. The zero-order chi connectivity index (χ0) is 17.5. The summed E-state index contributed by atoms with van der Waals surface area (Å²) in [5.74, 6) is 2.32. The number of piperidine rings is 1. The van der Waals surface area contributed by atoms with Gasteiger partial charge in [-0.1, -0.05) is 13.8 Å². The molecule has 0 saturated carbocycles. The number of hydrogen-bond donors (Lipinski definition) is 1. The van der Waals surface area contributed by atoms with Crippen LogP contribution in [0.5, 0.6) is 0 Å². The standard InChI is InChI=1S/C18H29N5O/c1-12(2)9-18(11-24)7-6-8-23(10-18)17-15-13(3)21-22(5)16(15)19-14(4)20-17/h12,24H,6-11H2,1-5H3. The number of nitrogens with zero attached hydrogens (tertiary/aromatic N) is 5. The first kappa shape index (κ1) is 17.1. The van der Waals surface area contributed by atoms with Gasteiger partial charge in [-0.3, -0.25) is 4.68 Å². The Labute approximate surface area is 143 Å². The summed E-state index contributed by atoms with van der Waals surface area (Å²) in [6.07, 6.45) is 3.20. The van der Waals surface area contributed by atoms with Gasteiger partial charge >= 0.3 is 0 Å². The summed E-state index contributed by atoms with van der Waals surface area (Å²) in [6.45, 7) is 10.5. The third-order valence-corrected chi connectivity index (χ3v) is 5.09. The number of aliphatic hydroxyl groups is 1. The lowest BCUT2D eigenvalue weighted by Gasteiger charge is -2.43. The Hall–Kier alpha value is -1.69. The highest BCUT2D eigenvalue weighted by molar-refractivity contribution is 5.90. The van der Waals surface area contributed by atoms with Crippen molar-refractivity contribution >= 4 is 16.9 Å². The van der Waals surface area contributed by atoms with Gasteiger partial charge in [0.25, 0.3) is 0 Å². The number of fused-ring (bicyclic) bond motifs is 1. The van der Waals surface area contributed by atoms with Crippen molar-refractivity contribution in [3.8, 4) is 0 Å². The molecule has 6 heteroatoms. The van der Waals surface area contributed by atoms with Gasteiger partial charge in [-0.15, -0.1) is 0 Å². The summed E-state index contributed by atoms with van der Waals surface area (Å²) < 4.78 is 1.83. The van der Waals surface area contributed by atoms with E-state index in [1.54, 1.807) is 0 Å². The minimum atomic E-state index is -0.0340. The summed E-state index contributed by atoms with van der Waals surface area (Å²) in [5.41, 5.74) is 1.82. The van der Waals surface area contributed by atoms with Crippen LogP contribution < -0.4 is 4.90 Å². The van der Waals surface area contributed by atoms with Crippen molar-refractivity contribution in [2.24, 2.45) is 18.4 Å². The van der Waals surface area contributed by atoms with E-state index in [-0.39, 0.29) is 12.0 Å². The molecule has 24 heavy (non-hydrogen) atoms. The molecular weight excluding hydrogens is 302 g/mol. The fourth-order valence-corrected chi connectivity index (χ4v) is 4.27. The molecule has 1 atom stereocenters. The molecule has 0 spiro atoms. The van der Waals surface area contributed by atoms with Gasteiger partial charge in [-0.25, -0.2) is 9.97 Å². The Bertz CT molecular complexity index is 739. The summed E-state index contributed by atoms with van der Waals surface area (Å²) in [7, 11) is 1.93. The van der Waals surface area contributed by atoms with Crippen LogP contribution in [0, 0.1) is 25.2 Å². The summed E-state index contributed by atoms with van der Waals surface area (Å²) in [6, 6.07) is 0. The lowest BCUT2D eigenvalue weighted by atomic mass is 9.74. The fraction of sp³-hybridized carbons (Fsp3) is 0.722. The highest BCUT2D eigenvalue weighted by Crippen LogP contribution is 2.39. The molecule has 0 aliphatic carbocycles. The second-order valence-electron chi connectivity index (χ2n) is 7.78. The maximum atomic E-state index is 10.1. The minimum absolute atomic E-state index is 0.0340. The molecule has 1 N–H and O–H groups in total. The largest absolute Gasteiger partial charge is 0.396 e. The van der Waals surface area contributed by atoms with Gasteiger partial charge in [-0.05, 0) is 39.0 Å². The highest BCUT2D eigenvalue weighted by Gasteiger charge is 2.37. The van der Waals surface area contributed by atoms with E-state index in [0.717, 1.165) is 60.7 Å². The van der Waals surface area contributed by atoms with Crippen molar-refractivity contribution in [3.63, 3.8) is 0 Å². The van der Waals surface area contributed by atoms with Crippen LogP contribution in [0.2, 0.25) is 0 Å². The zero-order valence-corrected chi connectivity index (χ0v) is 15.5. The molecule has 3 rings (SSSR count). The zero-order valence-electron chi connectivity index (χ0n) is 15.5. The first-order chi connectivity index (χ1) is 11.3. The molecule has 2 aromatic heterocycles. The van der Waals surface area contributed by atoms with Crippen molar-refractivity contribution in [3.05, 3.63) is 11.5 Å². The van der Waals surface area contributed by atoms with E-state index in [2.05, 4.69) is 28.8 Å². The third kappa shape index (κ3) is 2.99. The van der Waals surface area contributed by atoms with Crippen LogP contribution in [0.1, 0.15) is 44.6 Å². The van der Waals surface area contributed by atoms with E-state index in [1.807, 2.05) is 25.6 Å². The Balaban J connectivity index is 2.04. The number of aliphatic hydroxyl groups excluding tert-OH is 1. The Morgan fingerprint density at radius 1 is 1.25 bits per heavy atom. The molecule has 1 fully saturated rings. The highest BCUT2D eigenvalue weighted by atomic mass is 16.3. The van der Waals surface area contributed by atoms with E-state index in [4.69, 9.17) is 4.98 Å². The molecule has 0 aromatic carbocycles. The SMILES string of the molecule is Cc1nc(N2CCCC(CO)(CC(C)C)C2)c2c(C)nn(C)c2n1. The molecule has 0 radical (unpaired) electrons. The lowest BCUT2D eigenvalue weighted by Crippen LogP contribution is -2.46. The Morgan fingerprint density at radius 3 is 2.67 bits per heavy atom. The second-order valence-corrected chi connectivity index (χ2v) is 7.78. The average Bonchev–Trinajstić information content (AvgIpc) is 2.80. The molecule has 3 heterocycles. The normalized spacial score (nSPS) is 21.9. The molecule has 0 amide bonds. The van der Waals surface area contributed by atoms with Gasteiger partial charge in [0.15, 0.2) is 5.65 Å². The van der Waals surface area contributed by atoms with Crippen LogP contribution in [0.15, 0.2) is 0 Å². The van der Waals surface area contributed by atoms with Gasteiger partial charge < -0.3 is 10.0 Å². The topological polar surface area (TPSA) is 67.1 Å². The summed E-state index contributed by atoms with van der Waals surface area (Å²) >= 11 is 0. The minimum Gasteiger partial charge on any atom is -0.396 e. The molecule has 6 nitrogen and oxygen atoms in total. The molecule has 1 aliphatic rings. The van der Waals surface area contributed by atoms with E-state index < -0.39 is 0 Å². The Morgan fingerprint density at radius 2 is 2.00 bits per heavy atom. The van der Waals surface area contributed by atoms with E-state index in [0.29, 0.717) is 5.92 Å². The van der Waals surface area contributed by atoms with Crippen LogP contribution in [-0.4, -0.2) is 44.6 Å². The van der Waals surface area contributed by atoms with Crippen LogP contribution in [0.3, 0.4) is 0 Å². The molecule has 0 bridgehead atoms. The van der Waals surface area contributed by atoms with Crippen LogP contribution in [0.4, 0.5) is 5.82 Å².